The topological polar surface area (TPSA) is 6.48 Å². The highest BCUT2D eigenvalue weighted by molar-refractivity contribution is 5.49. The molecule has 0 radical (unpaired) electrons. The van der Waals surface area contributed by atoms with E-state index in [1.807, 2.05) is 0 Å². The molecule has 118 valence electrons. The molecule has 0 spiro atoms. The minimum atomic E-state index is 0.995. The second kappa shape index (κ2) is 7.88. The fourth-order valence-corrected chi connectivity index (χ4v) is 2.70. The van der Waals surface area contributed by atoms with Crippen LogP contribution in [0.5, 0.6) is 0 Å². The van der Waals surface area contributed by atoms with E-state index in [4.69, 9.17) is 0 Å². The summed E-state index contributed by atoms with van der Waals surface area (Å²) in [5, 5.41) is 0. The predicted octanol–water partition coefficient (Wildman–Crippen LogP) is 4.58. The molecule has 22 heavy (non-hydrogen) atoms. The van der Waals surface area contributed by atoms with Crippen molar-refractivity contribution in [1.82, 2.24) is 0 Å². The van der Waals surface area contributed by atoms with Crippen LogP contribution in [0.3, 0.4) is 0 Å². The van der Waals surface area contributed by atoms with Gasteiger partial charge in [0, 0.05) is 38.1 Å². The van der Waals surface area contributed by atoms with Gasteiger partial charge in [0.25, 0.3) is 0 Å². The lowest BCUT2D eigenvalue weighted by Gasteiger charge is -2.21. The van der Waals surface area contributed by atoms with Gasteiger partial charge < -0.3 is 9.80 Å². The van der Waals surface area contributed by atoms with Gasteiger partial charge in [0.2, 0.25) is 0 Å². The van der Waals surface area contributed by atoms with Crippen LogP contribution in [0.15, 0.2) is 48.5 Å². The normalized spacial score (nSPS) is 10.5. The summed E-state index contributed by atoms with van der Waals surface area (Å²) in [5.74, 6) is 0. The maximum absolute atomic E-state index is 2.37. The van der Waals surface area contributed by atoms with Gasteiger partial charge in [-0.3, -0.25) is 0 Å². The molecular weight excluding hydrogens is 268 g/mol. The quantitative estimate of drug-likeness (QED) is 0.738. The smallest absolute Gasteiger partial charge is 0.0366 e. The molecule has 0 aliphatic carbocycles. The monoisotopic (exact) mass is 296 g/mol. The molecule has 0 fully saturated rings. The lowest BCUT2D eigenvalue weighted by Crippen LogP contribution is -2.21. The summed E-state index contributed by atoms with van der Waals surface area (Å²) >= 11 is 0. The van der Waals surface area contributed by atoms with E-state index in [-0.39, 0.29) is 0 Å². The van der Waals surface area contributed by atoms with Crippen molar-refractivity contribution in [1.29, 1.82) is 0 Å². The van der Waals surface area contributed by atoms with E-state index >= 15 is 0 Å². The lowest BCUT2D eigenvalue weighted by atomic mass is 10.0. The van der Waals surface area contributed by atoms with Crippen LogP contribution in [-0.2, 0) is 6.42 Å². The zero-order chi connectivity index (χ0) is 15.9. The molecule has 0 saturated carbocycles. The molecule has 0 heterocycles. The molecule has 0 unspecified atom stereocenters. The average Bonchev–Trinajstić information content (AvgIpc) is 2.57. The van der Waals surface area contributed by atoms with Crippen LogP contribution in [-0.4, -0.2) is 26.7 Å². The molecule has 0 bridgehead atoms. The second-order valence-corrected chi connectivity index (χ2v) is 5.70. The third-order valence-electron chi connectivity index (χ3n) is 4.32. The fraction of sp³-hybridized carbons (Fsp3) is 0.400. The SMILES string of the molecule is CCN(C)c1ccc(Cc2ccc(N(CC)CC)cc2)cc1. The third kappa shape index (κ3) is 4.03. The van der Waals surface area contributed by atoms with Crippen molar-refractivity contribution in [2.45, 2.75) is 27.2 Å². The number of hydrogen-bond acceptors (Lipinski definition) is 2. The van der Waals surface area contributed by atoms with E-state index in [0.29, 0.717) is 0 Å². The van der Waals surface area contributed by atoms with Crippen molar-refractivity contribution < 1.29 is 0 Å². The van der Waals surface area contributed by atoms with Gasteiger partial charge in [-0.15, -0.1) is 0 Å². The first-order valence-corrected chi connectivity index (χ1v) is 8.31. The van der Waals surface area contributed by atoms with Gasteiger partial charge in [-0.2, -0.15) is 0 Å². The number of anilines is 2. The van der Waals surface area contributed by atoms with Gasteiger partial charge in [0.1, 0.15) is 0 Å². The Balaban J connectivity index is 2.04. The first-order chi connectivity index (χ1) is 10.7. The van der Waals surface area contributed by atoms with E-state index in [0.717, 1.165) is 26.1 Å². The van der Waals surface area contributed by atoms with E-state index in [1.54, 1.807) is 0 Å². The molecule has 0 amide bonds. The molecule has 0 atom stereocenters. The van der Waals surface area contributed by atoms with Crippen molar-refractivity contribution in [2.24, 2.45) is 0 Å². The summed E-state index contributed by atoms with van der Waals surface area (Å²) in [6.45, 7) is 9.72. The molecule has 2 aromatic carbocycles. The molecule has 0 aliphatic rings. The summed E-state index contributed by atoms with van der Waals surface area (Å²) in [6.07, 6.45) is 0.995. The van der Waals surface area contributed by atoms with Crippen LogP contribution in [0.25, 0.3) is 0 Å². The number of hydrogen-bond donors (Lipinski definition) is 0. The van der Waals surface area contributed by atoms with E-state index in [9.17, 15) is 0 Å². The van der Waals surface area contributed by atoms with Crippen LogP contribution in [0.1, 0.15) is 31.9 Å². The van der Waals surface area contributed by atoms with E-state index < -0.39 is 0 Å². The van der Waals surface area contributed by atoms with Crippen molar-refractivity contribution in [2.75, 3.05) is 36.5 Å². The Kier molecular flexibility index (Phi) is 5.88. The van der Waals surface area contributed by atoms with Crippen molar-refractivity contribution in [3.8, 4) is 0 Å². The number of nitrogens with zero attached hydrogens (tertiary/aromatic N) is 2. The zero-order valence-electron chi connectivity index (χ0n) is 14.3. The first-order valence-electron chi connectivity index (χ1n) is 8.31. The summed E-state index contributed by atoms with van der Waals surface area (Å²) in [4.78, 5) is 4.63. The van der Waals surface area contributed by atoms with Gasteiger partial charge in [0.05, 0.1) is 0 Å². The molecule has 2 aromatic rings. The standard InChI is InChI=1S/C20H28N2/c1-5-21(4)19-12-8-17(9-13-19)16-18-10-14-20(15-11-18)22(6-2)7-3/h8-15H,5-7,16H2,1-4H3. The lowest BCUT2D eigenvalue weighted by molar-refractivity contribution is 0.866. The van der Waals surface area contributed by atoms with Gasteiger partial charge in [-0.1, -0.05) is 24.3 Å². The highest BCUT2D eigenvalue weighted by atomic mass is 15.1. The maximum Gasteiger partial charge on any atom is 0.0366 e. The Morgan fingerprint density at radius 1 is 0.636 bits per heavy atom. The van der Waals surface area contributed by atoms with Crippen LogP contribution < -0.4 is 9.80 Å². The summed E-state index contributed by atoms with van der Waals surface area (Å²) in [6, 6.07) is 17.9. The van der Waals surface area contributed by atoms with Crippen LogP contribution in [0.2, 0.25) is 0 Å². The maximum atomic E-state index is 2.37. The second-order valence-electron chi connectivity index (χ2n) is 5.70. The molecular formula is C20H28N2. The zero-order valence-corrected chi connectivity index (χ0v) is 14.3. The fourth-order valence-electron chi connectivity index (χ4n) is 2.70. The highest BCUT2D eigenvalue weighted by Gasteiger charge is 2.03. The van der Waals surface area contributed by atoms with Crippen molar-refractivity contribution in [3.63, 3.8) is 0 Å². The van der Waals surface area contributed by atoms with Gasteiger partial charge >= 0.3 is 0 Å². The molecule has 0 aromatic heterocycles. The van der Waals surface area contributed by atoms with E-state index in [1.165, 1.54) is 22.5 Å². The Morgan fingerprint density at radius 3 is 1.50 bits per heavy atom. The van der Waals surface area contributed by atoms with Crippen LogP contribution >= 0.6 is 0 Å². The molecule has 0 saturated heterocycles. The van der Waals surface area contributed by atoms with Crippen LogP contribution in [0.4, 0.5) is 11.4 Å². The largest absolute Gasteiger partial charge is 0.375 e. The number of rotatable bonds is 7. The molecule has 2 rings (SSSR count). The molecule has 0 aliphatic heterocycles. The molecule has 2 nitrogen and oxygen atoms in total. The highest BCUT2D eigenvalue weighted by Crippen LogP contribution is 2.19. The summed E-state index contributed by atoms with van der Waals surface area (Å²) in [5.41, 5.74) is 5.33. The Hall–Kier alpha value is -1.96. The van der Waals surface area contributed by atoms with Gasteiger partial charge in [-0.05, 0) is 62.6 Å². The molecule has 0 N–H and O–H groups in total. The summed E-state index contributed by atoms with van der Waals surface area (Å²) < 4.78 is 0. The van der Waals surface area contributed by atoms with Gasteiger partial charge in [-0.25, -0.2) is 0 Å². The minimum absolute atomic E-state index is 0.995. The summed E-state index contributed by atoms with van der Waals surface area (Å²) in [7, 11) is 2.13. The van der Waals surface area contributed by atoms with Crippen molar-refractivity contribution in [3.05, 3.63) is 59.7 Å². The van der Waals surface area contributed by atoms with Crippen LogP contribution in [0, 0.1) is 0 Å². The van der Waals surface area contributed by atoms with E-state index in [2.05, 4.69) is 86.1 Å². The minimum Gasteiger partial charge on any atom is -0.375 e. The third-order valence-corrected chi connectivity index (χ3v) is 4.32. The Bertz CT molecular complexity index is 553. The number of benzene rings is 2. The predicted molar refractivity (Wildman–Crippen MR) is 98.2 cm³/mol. The van der Waals surface area contributed by atoms with Crippen molar-refractivity contribution >= 4 is 11.4 Å². The first kappa shape index (κ1) is 16.4. The average molecular weight is 296 g/mol. The Labute approximate surface area is 135 Å². The Morgan fingerprint density at radius 2 is 1.09 bits per heavy atom. The van der Waals surface area contributed by atoms with Gasteiger partial charge in [0.15, 0.2) is 0 Å². The molecule has 2 heteroatoms.